The highest BCUT2D eigenvalue weighted by molar-refractivity contribution is 5.84. The van der Waals surface area contributed by atoms with Crippen LogP contribution in [0.15, 0.2) is 0 Å². The minimum absolute atomic E-state index is 0.0639. The van der Waals surface area contributed by atoms with Crippen LogP contribution < -0.4 is 0 Å². The Kier molecular flexibility index (Phi) is 4.40. The van der Waals surface area contributed by atoms with Crippen molar-refractivity contribution in [3.63, 3.8) is 0 Å². The summed E-state index contributed by atoms with van der Waals surface area (Å²) in [5.74, 6) is 0.952. The van der Waals surface area contributed by atoms with Crippen LogP contribution in [0, 0.1) is 16.7 Å². The van der Waals surface area contributed by atoms with Gasteiger partial charge in [-0.15, -0.1) is 0 Å². The Morgan fingerprint density at radius 1 is 1.41 bits per heavy atom. The Morgan fingerprint density at radius 2 is 2.00 bits per heavy atom. The van der Waals surface area contributed by atoms with Gasteiger partial charge in [0.25, 0.3) is 0 Å². The highest BCUT2D eigenvalue weighted by Crippen LogP contribution is 2.57. The van der Waals surface area contributed by atoms with Gasteiger partial charge >= 0.3 is 0 Å². The third kappa shape index (κ3) is 2.42. The molecule has 0 aromatic heterocycles. The number of hydrogen-bond donors (Lipinski definition) is 0. The maximum Gasteiger partial charge on any atom is 0.139 e. The molecule has 0 aliphatic heterocycles. The summed E-state index contributed by atoms with van der Waals surface area (Å²) >= 11 is 0. The van der Waals surface area contributed by atoms with Crippen molar-refractivity contribution in [2.45, 2.75) is 66.4 Å². The summed E-state index contributed by atoms with van der Waals surface area (Å²) in [6.07, 6.45) is 4.27. The van der Waals surface area contributed by atoms with Crippen molar-refractivity contribution >= 4 is 5.78 Å². The molecule has 0 aromatic rings. The lowest BCUT2D eigenvalue weighted by atomic mass is 9.61. The summed E-state index contributed by atoms with van der Waals surface area (Å²) in [6.45, 7) is 10.6. The third-order valence-corrected chi connectivity index (χ3v) is 4.82. The number of rotatable bonds is 5. The molecule has 1 aliphatic carbocycles. The molecule has 1 fully saturated rings. The van der Waals surface area contributed by atoms with Crippen LogP contribution in [0.5, 0.6) is 0 Å². The molecule has 100 valence electrons. The molecule has 0 bridgehead atoms. The average Bonchev–Trinajstić information content (AvgIpc) is 2.47. The van der Waals surface area contributed by atoms with E-state index in [0.29, 0.717) is 11.7 Å². The first-order chi connectivity index (χ1) is 7.78. The summed E-state index contributed by atoms with van der Waals surface area (Å²) in [6, 6.07) is 0. The number of hydrogen-bond acceptors (Lipinski definition) is 2. The van der Waals surface area contributed by atoms with E-state index in [1.165, 1.54) is 0 Å². The normalized spacial score (nSPS) is 32.1. The first-order valence-electron chi connectivity index (χ1n) is 6.82. The third-order valence-electron chi connectivity index (χ3n) is 4.82. The summed E-state index contributed by atoms with van der Waals surface area (Å²) in [7, 11) is 1.75. The van der Waals surface area contributed by atoms with Crippen LogP contribution >= 0.6 is 0 Å². The van der Waals surface area contributed by atoms with Crippen LogP contribution in [-0.2, 0) is 9.53 Å². The minimum Gasteiger partial charge on any atom is -0.380 e. The van der Waals surface area contributed by atoms with E-state index in [4.69, 9.17) is 4.74 Å². The number of ether oxygens (including phenoxy) is 1. The van der Waals surface area contributed by atoms with E-state index >= 15 is 0 Å². The predicted molar refractivity (Wildman–Crippen MR) is 71.0 cm³/mol. The first-order valence-corrected chi connectivity index (χ1v) is 6.82. The smallest absolute Gasteiger partial charge is 0.139 e. The zero-order valence-corrected chi connectivity index (χ0v) is 12.3. The fourth-order valence-electron chi connectivity index (χ4n) is 3.61. The average molecular weight is 240 g/mol. The fourth-order valence-corrected chi connectivity index (χ4v) is 3.61. The van der Waals surface area contributed by atoms with E-state index in [9.17, 15) is 4.79 Å². The van der Waals surface area contributed by atoms with Gasteiger partial charge in [0, 0.05) is 7.11 Å². The fraction of sp³-hybridized carbons (Fsp3) is 0.933. The summed E-state index contributed by atoms with van der Waals surface area (Å²) in [5.41, 5.74) is -0.208. The van der Waals surface area contributed by atoms with Gasteiger partial charge in [0.05, 0.1) is 11.5 Å². The zero-order chi connectivity index (χ0) is 13.3. The van der Waals surface area contributed by atoms with Crippen LogP contribution in [0.1, 0.15) is 60.3 Å². The molecular formula is C15H28O2. The number of methoxy groups -OCH3 is 1. The molecule has 1 rings (SSSR count). The van der Waals surface area contributed by atoms with E-state index in [-0.39, 0.29) is 16.9 Å². The number of carbonyl (C=O) groups is 1. The van der Waals surface area contributed by atoms with Gasteiger partial charge in [0.15, 0.2) is 0 Å². The van der Waals surface area contributed by atoms with Crippen LogP contribution in [0.2, 0.25) is 0 Å². The lowest BCUT2D eigenvalue weighted by molar-refractivity contribution is -0.142. The summed E-state index contributed by atoms with van der Waals surface area (Å²) in [5, 5.41) is 0. The van der Waals surface area contributed by atoms with Crippen molar-refractivity contribution in [2.24, 2.45) is 16.7 Å². The lowest BCUT2D eigenvalue weighted by Gasteiger charge is -2.43. The summed E-state index contributed by atoms with van der Waals surface area (Å²) in [4.78, 5) is 12.3. The molecule has 1 saturated carbocycles. The largest absolute Gasteiger partial charge is 0.380 e. The monoisotopic (exact) mass is 240 g/mol. The van der Waals surface area contributed by atoms with Crippen LogP contribution in [0.4, 0.5) is 0 Å². The minimum atomic E-state index is -0.272. The first kappa shape index (κ1) is 14.7. The van der Waals surface area contributed by atoms with Gasteiger partial charge < -0.3 is 4.74 Å². The molecule has 0 spiro atoms. The second-order valence-corrected chi connectivity index (χ2v) is 6.61. The molecule has 0 aromatic carbocycles. The van der Waals surface area contributed by atoms with Gasteiger partial charge in [-0.2, -0.15) is 0 Å². The van der Waals surface area contributed by atoms with Gasteiger partial charge in [-0.1, -0.05) is 27.7 Å². The van der Waals surface area contributed by atoms with E-state index in [1.807, 2.05) is 0 Å². The van der Waals surface area contributed by atoms with E-state index in [1.54, 1.807) is 14.0 Å². The standard InChI is InChI=1S/C15H28O2/c1-11(2)7-10-15(12(3)16)13(17-6)8-9-14(15,4)5/h11,13H,7-10H2,1-6H3/t13-,15+/m1/s1. The Balaban J connectivity index is 3.05. The highest BCUT2D eigenvalue weighted by atomic mass is 16.5. The van der Waals surface area contributed by atoms with Crippen LogP contribution in [0.25, 0.3) is 0 Å². The molecule has 2 nitrogen and oxygen atoms in total. The topological polar surface area (TPSA) is 26.3 Å². The van der Waals surface area contributed by atoms with Crippen molar-refractivity contribution in [1.29, 1.82) is 0 Å². The Labute approximate surface area is 106 Å². The Bertz CT molecular complexity index is 281. The van der Waals surface area contributed by atoms with Crippen LogP contribution in [0.3, 0.4) is 0 Å². The SMILES string of the molecule is CO[C@@H]1CCC(C)(C)[C@@]1(CCC(C)C)C(C)=O. The molecule has 0 heterocycles. The van der Waals surface area contributed by atoms with E-state index in [2.05, 4.69) is 27.7 Å². The van der Waals surface area contributed by atoms with E-state index < -0.39 is 0 Å². The molecule has 2 atom stereocenters. The van der Waals surface area contributed by atoms with Crippen molar-refractivity contribution in [3.05, 3.63) is 0 Å². The lowest BCUT2D eigenvalue weighted by Crippen LogP contribution is -2.47. The van der Waals surface area contributed by atoms with Crippen LogP contribution in [-0.4, -0.2) is 19.0 Å². The molecule has 0 unspecified atom stereocenters. The number of ketones is 1. The molecule has 0 saturated heterocycles. The molecule has 0 N–H and O–H groups in total. The van der Waals surface area contributed by atoms with Crippen molar-refractivity contribution in [1.82, 2.24) is 0 Å². The number of Topliss-reactive ketones (excluding diaryl/α,β-unsaturated/α-hetero) is 1. The van der Waals surface area contributed by atoms with Gasteiger partial charge in [-0.3, -0.25) is 4.79 Å². The molecule has 17 heavy (non-hydrogen) atoms. The molecular weight excluding hydrogens is 212 g/mol. The molecule has 1 aliphatic rings. The molecule has 0 amide bonds. The maximum atomic E-state index is 12.3. The number of carbonyl (C=O) groups excluding carboxylic acids is 1. The zero-order valence-electron chi connectivity index (χ0n) is 12.3. The summed E-state index contributed by atoms with van der Waals surface area (Å²) < 4.78 is 5.64. The van der Waals surface area contributed by atoms with Gasteiger partial charge in [-0.05, 0) is 43.9 Å². The van der Waals surface area contributed by atoms with Crippen molar-refractivity contribution < 1.29 is 9.53 Å². The second kappa shape index (κ2) is 5.09. The Hall–Kier alpha value is -0.370. The Morgan fingerprint density at radius 3 is 2.41 bits per heavy atom. The second-order valence-electron chi connectivity index (χ2n) is 6.61. The van der Waals surface area contributed by atoms with Crippen molar-refractivity contribution in [3.8, 4) is 0 Å². The maximum absolute atomic E-state index is 12.3. The van der Waals surface area contributed by atoms with Gasteiger partial charge in [-0.25, -0.2) is 0 Å². The van der Waals surface area contributed by atoms with Crippen molar-refractivity contribution in [2.75, 3.05) is 7.11 Å². The van der Waals surface area contributed by atoms with E-state index in [0.717, 1.165) is 25.7 Å². The molecule has 0 radical (unpaired) electrons. The quantitative estimate of drug-likeness (QED) is 0.730. The highest BCUT2D eigenvalue weighted by Gasteiger charge is 2.58. The predicted octanol–water partition coefficient (Wildman–Crippen LogP) is 3.83. The molecule has 2 heteroatoms. The van der Waals surface area contributed by atoms with Gasteiger partial charge in [0.2, 0.25) is 0 Å². The van der Waals surface area contributed by atoms with Gasteiger partial charge in [0.1, 0.15) is 5.78 Å².